The van der Waals surface area contributed by atoms with Crippen LogP contribution < -0.4 is 5.32 Å². The van der Waals surface area contributed by atoms with Crippen LogP contribution in [-0.2, 0) is 19.6 Å². The van der Waals surface area contributed by atoms with E-state index < -0.39 is 21.7 Å². The molecule has 0 aliphatic carbocycles. The molecule has 1 fully saturated rings. The van der Waals surface area contributed by atoms with Crippen molar-refractivity contribution < 1.29 is 26.7 Å². The number of hydrogen-bond acceptors (Lipinski definition) is 4. The summed E-state index contributed by atoms with van der Waals surface area (Å²) in [6.07, 6.45) is 3.63. The SMILES string of the molecule is CCCCOCCCNC(=O)C1CCN(S(=O)(=O)c2ccc(F)c(F)c2)CC1. The molecule has 0 unspecified atom stereocenters. The van der Waals surface area contributed by atoms with Crippen LogP contribution >= 0.6 is 0 Å². The second-order valence-electron chi connectivity index (χ2n) is 6.86. The zero-order valence-corrected chi connectivity index (χ0v) is 16.9. The first-order valence-electron chi connectivity index (χ1n) is 9.67. The minimum absolute atomic E-state index is 0.0848. The number of unbranched alkanes of at least 4 members (excludes halogenated alkanes) is 1. The van der Waals surface area contributed by atoms with Crippen molar-refractivity contribution in [2.24, 2.45) is 5.92 Å². The maximum atomic E-state index is 13.4. The number of piperidine rings is 1. The van der Waals surface area contributed by atoms with E-state index in [9.17, 15) is 22.0 Å². The van der Waals surface area contributed by atoms with Crippen LogP contribution in [0.3, 0.4) is 0 Å². The normalized spacial score (nSPS) is 16.2. The van der Waals surface area contributed by atoms with Crippen molar-refractivity contribution in [2.75, 3.05) is 32.8 Å². The molecular weight excluding hydrogens is 390 g/mol. The Bertz CT molecular complexity index is 750. The molecule has 1 aliphatic heterocycles. The predicted molar refractivity (Wildman–Crippen MR) is 101 cm³/mol. The first-order valence-corrected chi connectivity index (χ1v) is 11.1. The molecule has 0 aromatic heterocycles. The minimum atomic E-state index is -3.90. The van der Waals surface area contributed by atoms with E-state index in [2.05, 4.69) is 12.2 Å². The molecule has 9 heteroatoms. The number of ether oxygens (including phenoxy) is 1. The molecule has 1 aromatic carbocycles. The largest absolute Gasteiger partial charge is 0.381 e. The Balaban J connectivity index is 1.77. The van der Waals surface area contributed by atoms with E-state index in [4.69, 9.17) is 4.74 Å². The Kier molecular flexibility index (Phi) is 8.78. The van der Waals surface area contributed by atoms with E-state index in [0.29, 0.717) is 32.1 Å². The smallest absolute Gasteiger partial charge is 0.243 e. The summed E-state index contributed by atoms with van der Waals surface area (Å²) in [7, 11) is -3.90. The van der Waals surface area contributed by atoms with Gasteiger partial charge in [0.2, 0.25) is 15.9 Å². The van der Waals surface area contributed by atoms with Gasteiger partial charge in [0.25, 0.3) is 0 Å². The van der Waals surface area contributed by atoms with Crippen LogP contribution in [0.1, 0.15) is 39.0 Å². The van der Waals surface area contributed by atoms with Crippen molar-refractivity contribution in [2.45, 2.75) is 43.9 Å². The summed E-state index contributed by atoms with van der Waals surface area (Å²) >= 11 is 0. The van der Waals surface area contributed by atoms with Gasteiger partial charge in [0, 0.05) is 38.8 Å². The summed E-state index contributed by atoms with van der Waals surface area (Å²) in [5.74, 6) is -2.63. The molecule has 1 aromatic rings. The number of halogens is 2. The molecule has 1 saturated heterocycles. The highest BCUT2D eigenvalue weighted by Crippen LogP contribution is 2.25. The lowest BCUT2D eigenvalue weighted by Crippen LogP contribution is -2.43. The van der Waals surface area contributed by atoms with Crippen molar-refractivity contribution in [3.63, 3.8) is 0 Å². The number of nitrogens with one attached hydrogen (secondary N) is 1. The molecule has 0 saturated carbocycles. The fraction of sp³-hybridized carbons (Fsp3) is 0.632. The molecule has 0 bridgehead atoms. The highest BCUT2D eigenvalue weighted by atomic mass is 32.2. The van der Waals surface area contributed by atoms with Crippen molar-refractivity contribution in [1.29, 1.82) is 0 Å². The summed E-state index contributed by atoms with van der Waals surface area (Å²) in [6.45, 7) is 4.29. The van der Waals surface area contributed by atoms with Crippen molar-refractivity contribution in [1.82, 2.24) is 9.62 Å². The van der Waals surface area contributed by atoms with Gasteiger partial charge in [-0.05, 0) is 43.9 Å². The zero-order chi connectivity index (χ0) is 20.6. The van der Waals surface area contributed by atoms with Gasteiger partial charge >= 0.3 is 0 Å². The molecule has 0 radical (unpaired) electrons. The van der Waals surface area contributed by atoms with E-state index in [0.717, 1.165) is 38.0 Å². The number of carbonyl (C=O) groups is 1. The molecule has 0 spiro atoms. The number of sulfonamides is 1. The highest BCUT2D eigenvalue weighted by molar-refractivity contribution is 7.89. The van der Waals surface area contributed by atoms with Crippen molar-refractivity contribution >= 4 is 15.9 Å². The van der Waals surface area contributed by atoms with Crippen molar-refractivity contribution in [3.8, 4) is 0 Å². The number of benzene rings is 1. The minimum Gasteiger partial charge on any atom is -0.381 e. The average Bonchev–Trinajstić information content (AvgIpc) is 2.69. The van der Waals surface area contributed by atoms with Gasteiger partial charge < -0.3 is 10.1 Å². The third-order valence-electron chi connectivity index (χ3n) is 4.76. The second kappa shape index (κ2) is 10.8. The molecular formula is C19H28F2N2O4S. The fourth-order valence-corrected chi connectivity index (χ4v) is 4.51. The number of nitrogens with zero attached hydrogens (tertiary/aromatic N) is 1. The third-order valence-corrected chi connectivity index (χ3v) is 6.66. The monoisotopic (exact) mass is 418 g/mol. The third kappa shape index (κ3) is 6.22. The van der Waals surface area contributed by atoms with Gasteiger partial charge in [-0.3, -0.25) is 4.79 Å². The average molecular weight is 419 g/mol. The van der Waals surface area contributed by atoms with Crippen LogP contribution in [0.5, 0.6) is 0 Å². The maximum Gasteiger partial charge on any atom is 0.243 e. The number of carbonyl (C=O) groups excluding carboxylic acids is 1. The number of amides is 1. The number of rotatable bonds is 10. The van der Waals surface area contributed by atoms with Crippen LogP contribution in [0, 0.1) is 17.6 Å². The van der Waals surface area contributed by atoms with E-state index >= 15 is 0 Å². The van der Waals surface area contributed by atoms with E-state index in [-0.39, 0.29) is 29.8 Å². The van der Waals surface area contributed by atoms with Crippen LogP contribution in [0.4, 0.5) is 8.78 Å². The molecule has 1 heterocycles. The Morgan fingerprint density at radius 1 is 1.18 bits per heavy atom. The summed E-state index contributed by atoms with van der Waals surface area (Å²) in [5, 5.41) is 2.86. The Morgan fingerprint density at radius 3 is 2.50 bits per heavy atom. The topological polar surface area (TPSA) is 75.7 Å². The fourth-order valence-electron chi connectivity index (χ4n) is 3.02. The Morgan fingerprint density at radius 2 is 1.86 bits per heavy atom. The summed E-state index contributed by atoms with van der Waals surface area (Å²) in [6, 6.07) is 2.54. The second-order valence-corrected chi connectivity index (χ2v) is 8.80. The van der Waals surface area contributed by atoms with E-state index in [1.165, 1.54) is 4.31 Å². The van der Waals surface area contributed by atoms with Crippen LogP contribution in [0.25, 0.3) is 0 Å². The van der Waals surface area contributed by atoms with E-state index in [1.807, 2.05) is 0 Å². The van der Waals surface area contributed by atoms with Gasteiger partial charge in [-0.2, -0.15) is 4.31 Å². The predicted octanol–water partition coefficient (Wildman–Crippen LogP) is 2.69. The molecule has 0 atom stereocenters. The van der Waals surface area contributed by atoms with Gasteiger partial charge in [-0.15, -0.1) is 0 Å². The first kappa shape index (κ1) is 22.7. The van der Waals surface area contributed by atoms with Crippen LogP contribution in [0.2, 0.25) is 0 Å². The molecule has 6 nitrogen and oxygen atoms in total. The molecule has 1 amide bonds. The molecule has 28 heavy (non-hydrogen) atoms. The van der Waals surface area contributed by atoms with Gasteiger partial charge in [-0.1, -0.05) is 13.3 Å². The van der Waals surface area contributed by atoms with E-state index in [1.54, 1.807) is 0 Å². The van der Waals surface area contributed by atoms with Crippen LogP contribution in [-0.4, -0.2) is 51.5 Å². The highest BCUT2D eigenvalue weighted by Gasteiger charge is 2.32. The summed E-state index contributed by atoms with van der Waals surface area (Å²) < 4.78 is 58.2. The standard InChI is InChI=1S/C19H28F2N2O4S/c1-2-3-12-27-13-4-9-22-19(24)15-7-10-23(11-8-15)28(25,26)16-5-6-17(20)18(21)14-16/h5-6,14-15H,2-4,7-13H2,1H3,(H,22,24). The first-order chi connectivity index (χ1) is 13.4. The lowest BCUT2D eigenvalue weighted by molar-refractivity contribution is -0.126. The maximum absolute atomic E-state index is 13.4. The summed E-state index contributed by atoms with van der Waals surface area (Å²) in [5.41, 5.74) is 0. The number of hydrogen-bond donors (Lipinski definition) is 1. The molecule has 1 N–H and O–H groups in total. The zero-order valence-electron chi connectivity index (χ0n) is 16.1. The van der Waals surface area contributed by atoms with Gasteiger partial charge in [-0.25, -0.2) is 17.2 Å². The Hall–Kier alpha value is -1.58. The Labute approximate surface area is 165 Å². The quantitative estimate of drug-likeness (QED) is 0.593. The van der Waals surface area contributed by atoms with Gasteiger partial charge in [0.15, 0.2) is 11.6 Å². The molecule has 2 rings (SSSR count). The van der Waals surface area contributed by atoms with Crippen molar-refractivity contribution in [3.05, 3.63) is 29.8 Å². The molecule has 158 valence electrons. The molecule has 1 aliphatic rings. The van der Waals surface area contributed by atoms with Gasteiger partial charge in [0.1, 0.15) is 0 Å². The lowest BCUT2D eigenvalue weighted by Gasteiger charge is -2.30. The van der Waals surface area contributed by atoms with Gasteiger partial charge in [0.05, 0.1) is 4.90 Å². The lowest BCUT2D eigenvalue weighted by atomic mass is 9.97. The van der Waals surface area contributed by atoms with Crippen LogP contribution in [0.15, 0.2) is 23.1 Å². The summed E-state index contributed by atoms with van der Waals surface area (Å²) in [4.78, 5) is 12.0.